The number of carboxylic acids is 1. The van der Waals surface area contributed by atoms with Crippen molar-refractivity contribution >= 4 is 17.0 Å². The fraction of sp³-hybridized carbons (Fsp3) is 0.250. The molecule has 1 aromatic carbocycles. The number of carboxylic acid groups (broad SMARTS) is 1. The van der Waals surface area contributed by atoms with Crippen molar-refractivity contribution in [2.75, 3.05) is 0 Å². The quantitative estimate of drug-likeness (QED) is 0.863. The molecule has 0 unspecified atom stereocenters. The van der Waals surface area contributed by atoms with Gasteiger partial charge >= 0.3 is 5.97 Å². The van der Waals surface area contributed by atoms with E-state index in [4.69, 9.17) is 10.4 Å². The predicted molar refractivity (Wildman–Crippen MR) is 61.3 cm³/mol. The van der Waals surface area contributed by atoms with Crippen molar-refractivity contribution in [2.24, 2.45) is 0 Å². The maximum Gasteiger partial charge on any atom is 0.305 e. The summed E-state index contributed by atoms with van der Waals surface area (Å²) < 4.78 is 1.80. The molecule has 0 aliphatic carbocycles. The highest BCUT2D eigenvalue weighted by Gasteiger charge is 2.10. The highest BCUT2D eigenvalue weighted by atomic mass is 16.4. The summed E-state index contributed by atoms with van der Waals surface area (Å²) in [7, 11) is 0. The third-order valence-electron chi connectivity index (χ3n) is 2.52. The maximum atomic E-state index is 10.6. The van der Waals surface area contributed by atoms with Gasteiger partial charge in [0.05, 0.1) is 29.9 Å². The standard InChI is InChI=1S/C12H11N3O2/c13-7-5-11-14-9-3-1-2-4-10(9)15(11)8-6-12(16)17/h1-4H,5-6,8H2,(H,16,17). The van der Waals surface area contributed by atoms with Gasteiger partial charge in [0.15, 0.2) is 0 Å². The van der Waals surface area contributed by atoms with E-state index in [1.54, 1.807) is 4.57 Å². The number of rotatable bonds is 4. The fourth-order valence-corrected chi connectivity index (χ4v) is 1.79. The van der Waals surface area contributed by atoms with Crippen molar-refractivity contribution in [1.82, 2.24) is 9.55 Å². The van der Waals surface area contributed by atoms with Crippen LogP contribution in [0.1, 0.15) is 12.2 Å². The van der Waals surface area contributed by atoms with Crippen LogP contribution in [0, 0.1) is 11.3 Å². The van der Waals surface area contributed by atoms with Gasteiger partial charge < -0.3 is 9.67 Å². The normalized spacial score (nSPS) is 10.3. The molecule has 0 aliphatic heterocycles. The molecule has 0 fully saturated rings. The molecule has 0 aliphatic rings. The van der Waals surface area contributed by atoms with Gasteiger partial charge in [0.2, 0.25) is 0 Å². The zero-order valence-electron chi connectivity index (χ0n) is 9.13. The van der Waals surface area contributed by atoms with E-state index in [0.717, 1.165) is 11.0 Å². The second-order valence-electron chi connectivity index (χ2n) is 3.65. The van der Waals surface area contributed by atoms with Crippen LogP contribution in [0.25, 0.3) is 11.0 Å². The molecule has 1 aromatic heterocycles. The minimum atomic E-state index is -0.856. The number of benzene rings is 1. The van der Waals surface area contributed by atoms with Gasteiger partial charge in [-0.1, -0.05) is 12.1 Å². The van der Waals surface area contributed by atoms with E-state index in [9.17, 15) is 4.79 Å². The third kappa shape index (κ3) is 2.26. The van der Waals surface area contributed by atoms with E-state index in [1.165, 1.54) is 0 Å². The minimum absolute atomic E-state index is 0.0266. The number of imidazole rings is 1. The molecule has 5 nitrogen and oxygen atoms in total. The van der Waals surface area contributed by atoms with Crippen LogP contribution >= 0.6 is 0 Å². The Balaban J connectivity index is 2.44. The summed E-state index contributed by atoms with van der Waals surface area (Å²) in [4.78, 5) is 14.9. The van der Waals surface area contributed by atoms with Gasteiger partial charge in [-0.3, -0.25) is 4.79 Å². The Bertz CT molecular complexity index is 595. The lowest BCUT2D eigenvalue weighted by molar-refractivity contribution is -0.137. The topological polar surface area (TPSA) is 78.9 Å². The largest absolute Gasteiger partial charge is 0.481 e. The molecule has 0 amide bonds. The SMILES string of the molecule is N#CCc1nc2ccccc2n1CCC(=O)O. The lowest BCUT2D eigenvalue weighted by Crippen LogP contribution is -2.07. The number of hydrogen-bond acceptors (Lipinski definition) is 3. The van der Waals surface area contributed by atoms with Crippen LogP contribution in [0.5, 0.6) is 0 Å². The van der Waals surface area contributed by atoms with Crippen molar-refractivity contribution in [1.29, 1.82) is 5.26 Å². The van der Waals surface area contributed by atoms with E-state index in [0.29, 0.717) is 12.4 Å². The molecular formula is C12H11N3O2. The van der Waals surface area contributed by atoms with Gasteiger partial charge in [0.25, 0.3) is 0 Å². The first kappa shape index (κ1) is 11.1. The van der Waals surface area contributed by atoms with Gasteiger partial charge in [0.1, 0.15) is 5.82 Å². The predicted octanol–water partition coefficient (Wildman–Crippen LogP) is 1.58. The summed E-state index contributed by atoms with van der Waals surface area (Å²) in [5.74, 6) is -0.236. The molecule has 0 saturated carbocycles. The summed E-state index contributed by atoms with van der Waals surface area (Å²) in [6.45, 7) is 0.340. The highest BCUT2D eigenvalue weighted by molar-refractivity contribution is 5.76. The van der Waals surface area contributed by atoms with Crippen molar-refractivity contribution in [3.05, 3.63) is 30.1 Å². The monoisotopic (exact) mass is 229 g/mol. The van der Waals surface area contributed by atoms with Gasteiger partial charge in [-0.2, -0.15) is 5.26 Å². The summed E-state index contributed by atoms with van der Waals surface area (Å²) in [6, 6.07) is 9.52. The molecule has 2 rings (SSSR count). The second-order valence-corrected chi connectivity index (χ2v) is 3.65. The molecule has 0 atom stereocenters. The first-order valence-electron chi connectivity index (χ1n) is 5.25. The Kier molecular flexibility index (Phi) is 3.06. The van der Waals surface area contributed by atoms with Crippen LogP contribution in [0.15, 0.2) is 24.3 Å². The average Bonchev–Trinajstić information content (AvgIpc) is 2.64. The molecule has 0 spiro atoms. The lowest BCUT2D eigenvalue weighted by atomic mass is 10.3. The molecular weight excluding hydrogens is 218 g/mol. The first-order valence-corrected chi connectivity index (χ1v) is 5.25. The van der Waals surface area contributed by atoms with E-state index in [1.807, 2.05) is 30.3 Å². The van der Waals surface area contributed by atoms with E-state index >= 15 is 0 Å². The van der Waals surface area contributed by atoms with Gasteiger partial charge in [0, 0.05) is 6.54 Å². The van der Waals surface area contributed by atoms with Crippen LogP contribution in [0.3, 0.4) is 0 Å². The van der Waals surface area contributed by atoms with Gasteiger partial charge in [-0.25, -0.2) is 4.98 Å². The number of fused-ring (bicyclic) bond motifs is 1. The number of nitrogens with zero attached hydrogens (tertiary/aromatic N) is 3. The number of carbonyl (C=O) groups is 1. The Hall–Kier alpha value is -2.35. The second kappa shape index (κ2) is 4.66. The van der Waals surface area contributed by atoms with Gasteiger partial charge in [-0.05, 0) is 12.1 Å². The molecule has 1 heterocycles. The Morgan fingerprint density at radius 2 is 2.24 bits per heavy atom. The lowest BCUT2D eigenvalue weighted by Gasteiger charge is -2.04. The van der Waals surface area contributed by atoms with E-state index in [-0.39, 0.29) is 12.8 Å². The minimum Gasteiger partial charge on any atom is -0.481 e. The zero-order chi connectivity index (χ0) is 12.3. The Morgan fingerprint density at radius 3 is 2.94 bits per heavy atom. The summed E-state index contributed by atoms with van der Waals surface area (Å²) >= 11 is 0. The van der Waals surface area contributed by atoms with Crippen LogP contribution < -0.4 is 0 Å². The van der Waals surface area contributed by atoms with Crippen molar-refractivity contribution in [3.63, 3.8) is 0 Å². The Morgan fingerprint density at radius 1 is 1.47 bits per heavy atom. The van der Waals surface area contributed by atoms with Crippen LogP contribution in [0.4, 0.5) is 0 Å². The number of aryl methyl sites for hydroxylation is 1. The maximum absolute atomic E-state index is 10.6. The average molecular weight is 229 g/mol. The number of aliphatic carboxylic acids is 1. The third-order valence-corrected chi connectivity index (χ3v) is 2.52. The summed E-state index contributed by atoms with van der Waals surface area (Å²) in [6.07, 6.45) is 0.215. The van der Waals surface area contributed by atoms with Crippen LogP contribution in [-0.2, 0) is 17.8 Å². The van der Waals surface area contributed by atoms with Crippen molar-refractivity contribution < 1.29 is 9.90 Å². The molecule has 5 heteroatoms. The van der Waals surface area contributed by atoms with E-state index in [2.05, 4.69) is 4.98 Å². The number of nitriles is 1. The Labute approximate surface area is 97.9 Å². The summed E-state index contributed by atoms with van der Waals surface area (Å²) in [5, 5.41) is 17.4. The smallest absolute Gasteiger partial charge is 0.305 e. The molecule has 86 valence electrons. The highest BCUT2D eigenvalue weighted by Crippen LogP contribution is 2.16. The van der Waals surface area contributed by atoms with Gasteiger partial charge in [-0.15, -0.1) is 0 Å². The number of para-hydroxylation sites is 2. The zero-order valence-corrected chi connectivity index (χ0v) is 9.13. The van der Waals surface area contributed by atoms with Crippen molar-refractivity contribution in [3.8, 4) is 6.07 Å². The van der Waals surface area contributed by atoms with E-state index < -0.39 is 5.97 Å². The number of aromatic nitrogens is 2. The molecule has 2 aromatic rings. The van der Waals surface area contributed by atoms with Crippen molar-refractivity contribution in [2.45, 2.75) is 19.4 Å². The van der Waals surface area contributed by atoms with Crippen LogP contribution in [-0.4, -0.2) is 20.6 Å². The van der Waals surface area contributed by atoms with Crippen LogP contribution in [0.2, 0.25) is 0 Å². The molecule has 0 radical (unpaired) electrons. The molecule has 17 heavy (non-hydrogen) atoms. The molecule has 1 N–H and O–H groups in total. The molecule has 0 saturated heterocycles. The summed E-state index contributed by atoms with van der Waals surface area (Å²) in [5.41, 5.74) is 1.67. The first-order chi connectivity index (χ1) is 8.22. The number of hydrogen-bond donors (Lipinski definition) is 1. The fourth-order valence-electron chi connectivity index (χ4n) is 1.79. The molecule has 0 bridgehead atoms.